The zero-order valence-electron chi connectivity index (χ0n) is 10.5. The number of oxazole rings is 1. The topological polar surface area (TPSA) is 55.5 Å². The van der Waals surface area contributed by atoms with Crippen LogP contribution in [0.4, 0.5) is 0 Å². The normalized spacial score (nSPS) is 11.3. The third kappa shape index (κ3) is 2.51. The Morgan fingerprint density at radius 1 is 1.44 bits per heavy atom. The van der Waals surface area contributed by atoms with Gasteiger partial charge in [-0.3, -0.25) is 9.47 Å². The van der Waals surface area contributed by atoms with E-state index in [0.717, 1.165) is 30.3 Å². The number of nitrogens with zero attached hydrogens (tertiary/aromatic N) is 2. The minimum absolute atomic E-state index is 0.347. The van der Waals surface area contributed by atoms with Crippen LogP contribution in [0.25, 0.3) is 11.1 Å². The molecule has 0 aliphatic carbocycles. The molecule has 0 amide bonds. The largest absolute Gasteiger partial charge is 0.419 e. The van der Waals surface area contributed by atoms with E-state index >= 15 is 0 Å². The third-order valence-corrected chi connectivity index (χ3v) is 3.02. The van der Waals surface area contributed by atoms with Gasteiger partial charge in [-0.1, -0.05) is 6.07 Å². The summed E-state index contributed by atoms with van der Waals surface area (Å²) in [5.74, 6) is -0.347. The van der Waals surface area contributed by atoms with E-state index in [2.05, 4.69) is 0 Å². The molecule has 0 spiro atoms. The Morgan fingerprint density at radius 2 is 2.22 bits per heavy atom. The molecule has 0 N–H and O–H groups in total. The molecule has 0 fully saturated rings. The van der Waals surface area contributed by atoms with E-state index < -0.39 is 0 Å². The smallest absolute Gasteiger partial charge is 0.408 e. The van der Waals surface area contributed by atoms with Crippen molar-refractivity contribution in [1.29, 1.82) is 0 Å². The number of aromatic nitrogens is 1. The zero-order chi connectivity index (χ0) is 13.1. The van der Waals surface area contributed by atoms with Crippen LogP contribution in [0, 0.1) is 0 Å². The van der Waals surface area contributed by atoms with Crippen molar-refractivity contribution in [3.05, 3.63) is 34.3 Å². The molecule has 0 aliphatic heterocycles. The van der Waals surface area contributed by atoms with Crippen molar-refractivity contribution < 1.29 is 9.21 Å². The fourth-order valence-electron chi connectivity index (χ4n) is 1.87. The number of benzene rings is 1. The number of hydrogen-bond donors (Lipinski definition) is 0. The van der Waals surface area contributed by atoms with Crippen LogP contribution in [0.5, 0.6) is 0 Å². The summed E-state index contributed by atoms with van der Waals surface area (Å²) in [5.41, 5.74) is 2.53. The van der Waals surface area contributed by atoms with Gasteiger partial charge in [-0.05, 0) is 31.2 Å². The van der Waals surface area contributed by atoms with Crippen molar-refractivity contribution in [1.82, 2.24) is 9.47 Å². The summed E-state index contributed by atoms with van der Waals surface area (Å²) < 4.78 is 6.56. The molecule has 0 saturated heterocycles. The van der Waals surface area contributed by atoms with Gasteiger partial charge in [-0.15, -0.1) is 0 Å². The van der Waals surface area contributed by atoms with Gasteiger partial charge < -0.3 is 9.21 Å². The molecule has 2 aromatic rings. The van der Waals surface area contributed by atoms with Gasteiger partial charge in [0.25, 0.3) is 0 Å². The van der Waals surface area contributed by atoms with Crippen molar-refractivity contribution in [2.75, 3.05) is 20.1 Å². The second-order valence-electron chi connectivity index (χ2n) is 4.41. The molecule has 0 aliphatic rings. The minimum atomic E-state index is -0.347. The van der Waals surface area contributed by atoms with Crippen molar-refractivity contribution >= 4 is 17.4 Å². The van der Waals surface area contributed by atoms with E-state index in [0.29, 0.717) is 12.1 Å². The molecule has 1 aromatic carbocycles. The monoisotopic (exact) mass is 248 g/mol. The predicted octanol–water partition coefficient (Wildman–Crippen LogP) is 0.805. The molecule has 1 aromatic heterocycles. The summed E-state index contributed by atoms with van der Waals surface area (Å²) in [6.07, 6.45) is 1.72. The Hall–Kier alpha value is -1.88. The highest BCUT2D eigenvalue weighted by Gasteiger charge is 2.06. The highest BCUT2D eigenvalue weighted by molar-refractivity contribution is 5.73. The van der Waals surface area contributed by atoms with Gasteiger partial charge in [0.1, 0.15) is 6.29 Å². The molecule has 0 unspecified atom stereocenters. The van der Waals surface area contributed by atoms with E-state index in [4.69, 9.17) is 4.42 Å². The Labute approximate surface area is 105 Å². The first-order valence-corrected chi connectivity index (χ1v) is 5.82. The predicted molar refractivity (Wildman–Crippen MR) is 68.7 cm³/mol. The lowest BCUT2D eigenvalue weighted by Gasteiger charge is -2.12. The summed E-state index contributed by atoms with van der Waals surface area (Å²) >= 11 is 0. The first-order valence-electron chi connectivity index (χ1n) is 5.82. The minimum Gasteiger partial charge on any atom is -0.408 e. The van der Waals surface area contributed by atoms with E-state index in [9.17, 15) is 9.59 Å². The maximum atomic E-state index is 11.4. The van der Waals surface area contributed by atoms with Crippen LogP contribution in [-0.4, -0.2) is 35.9 Å². The fourth-order valence-corrected chi connectivity index (χ4v) is 1.87. The first-order chi connectivity index (χ1) is 8.61. The van der Waals surface area contributed by atoms with Crippen molar-refractivity contribution in [3.8, 4) is 0 Å². The second kappa shape index (κ2) is 5.18. The van der Waals surface area contributed by atoms with Gasteiger partial charge in [0.15, 0.2) is 5.58 Å². The maximum Gasteiger partial charge on any atom is 0.419 e. The van der Waals surface area contributed by atoms with Crippen LogP contribution in [0.15, 0.2) is 27.4 Å². The lowest BCUT2D eigenvalue weighted by atomic mass is 10.1. The molecule has 0 atom stereocenters. The molecule has 2 rings (SSSR count). The van der Waals surface area contributed by atoms with Gasteiger partial charge >= 0.3 is 5.76 Å². The SMILES string of the molecule is CN(CC=O)CCc1ccc2oc(=O)n(C)c2c1. The van der Waals surface area contributed by atoms with Gasteiger partial charge in [0.2, 0.25) is 0 Å². The molecular weight excluding hydrogens is 232 g/mol. The number of fused-ring (bicyclic) bond motifs is 1. The molecule has 1 heterocycles. The fraction of sp³-hybridized carbons (Fsp3) is 0.385. The van der Waals surface area contributed by atoms with Crippen LogP contribution in [0.2, 0.25) is 0 Å². The number of carbonyl (C=O) groups is 1. The number of aryl methyl sites for hydroxylation is 1. The molecule has 0 bridgehead atoms. The zero-order valence-corrected chi connectivity index (χ0v) is 10.5. The Morgan fingerprint density at radius 3 is 2.94 bits per heavy atom. The summed E-state index contributed by atoms with van der Waals surface area (Å²) in [7, 11) is 3.59. The van der Waals surface area contributed by atoms with Crippen LogP contribution >= 0.6 is 0 Å². The summed E-state index contributed by atoms with van der Waals surface area (Å²) in [5, 5.41) is 0. The van der Waals surface area contributed by atoms with Crippen molar-refractivity contribution in [2.24, 2.45) is 7.05 Å². The summed E-state index contributed by atoms with van der Waals surface area (Å²) in [4.78, 5) is 23.7. The number of rotatable bonds is 5. The number of carbonyl (C=O) groups excluding carboxylic acids is 1. The maximum absolute atomic E-state index is 11.4. The molecular formula is C13H16N2O3. The van der Waals surface area contributed by atoms with Crippen molar-refractivity contribution in [3.63, 3.8) is 0 Å². The molecule has 5 heteroatoms. The quantitative estimate of drug-likeness (QED) is 0.735. The van der Waals surface area contributed by atoms with Gasteiger partial charge in [0, 0.05) is 13.6 Å². The molecule has 96 valence electrons. The van der Waals surface area contributed by atoms with E-state index in [1.807, 2.05) is 30.1 Å². The third-order valence-electron chi connectivity index (χ3n) is 3.02. The Kier molecular flexibility index (Phi) is 3.62. The number of hydrogen-bond acceptors (Lipinski definition) is 4. The van der Waals surface area contributed by atoms with E-state index in [-0.39, 0.29) is 5.76 Å². The van der Waals surface area contributed by atoms with Gasteiger partial charge in [0.05, 0.1) is 12.1 Å². The molecule has 0 radical (unpaired) electrons. The van der Waals surface area contributed by atoms with Crippen LogP contribution in [0.1, 0.15) is 5.56 Å². The number of likely N-dealkylation sites (N-methyl/N-ethyl adjacent to an activating group) is 1. The van der Waals surface area contributed by atoms with E-state index in [1.54, 1.807) is 7.05 Å². The highest BCUT2D eigenvalue weighted by Crippen LogP contribution is 2.14. The lowest BCUT2D eigenvalue weighted by Crippen LogP contribution is -2.23. The Balaban J connectivity index is 2.17. The summed E-state index contributed by atoms with van der Waals surface area (Å²) in [6, 6.07) is 5.71. The average Bonchev–Trinajstić information content (AvgIpc) is 2.63. The molecule has 18 heavy (non-hydrogen) atoms. The standard InChI is InChI=1S/C13H16N2O3/c1-14(7-8-16)6-5-10-3-4-12-11(9-10)15(2)13(17)18-12/h3-4,8-9H,5-7H2,1-2H3. The highest BCUT2D eigenvalue weighted by atomic mass is 16.4. The van der Waals surface area contributed by atoms with Crippen LogP contribution < -0.4 is 5.76 Å². The second-order valence-corrected chi connectivity index (χ2v) is 4.41. The van der Waals surface area contributed by atoms with Gasteiger partial charge in [-0.25, -0.2) is 4.79 Å². The average molecular weight is 248 g/mol. The number of aldehydes is 1. The van der Waals surface area contributed by atoms with Gasteiger partial charge in [-0.2, -0.15) is 0 Å². The van der Waals surface area contributed by atoms with E-state index in [1.165, 1.54) is 4.57 Å². The first kappa shape index (κ1) is 12.6. The Bertz CT molecular complexity index is 612. The summed E-state index contributed by atoms with van der Waals surface area (Å²) in [6.45, 7) is 1.24. The molecule has 0 saturated carbocycles. The van der Waals surface area contributed by atoms with Crippen LogP contribution in [0.3, 0.4) is 0 Å². The van der Waals surface area contributed by atoms with Crippen molar-refractivity contribution in [2.45, 2.75) is 6.42 Å². The van der Waals surface area contributed by atoms with Crippen LogP contribution in [-0.2, 0) is 18.3 Å². The molecule has 5 nitrogen and oxygen atoms in total. The lowest BCUT2D eigenvalue weighted by molar-refractivity contribution is -0.108.